The van der Waals surface area contributed by atoms with Crippen LogP contribution in [0.2, 0.25) is 0 Å². The predicted molar refractivity (Wildman–Crippen MR) is 69.4 cm³/mol. The molecule has 1 aliphatic heterocycles. The highest BCUT2D eigenvalue weighted by Gasteiger charge is 2.36. The quantitative estimate of drug-likeness (QED) is 0.662. The van der Waals surface area contributed by atoms with Gasteiger partial charge in [-0.2, -0.15) is 0 Å². The van der Waals surface area contributed by atoms with E-state index in [0.29, 0.717) is 11.3 Å². The summed E-state index contributed by atoms with van der Waals surface area (Å²) >= 11 is 0. The van der Waals surface area contributed by atoms with E-state index in [4.69, 9.17) is 5.11 Å². The van der Waals surface area contributed by atoms with Crippen molar-refractivity contribution in [1.29, 1.82) is 0 Å². The largest absolute Gasteiger partial charge is 0.478 e. The monoisotopic (exact) mass is 259 g/mol. The third-order valence-electron chi connectivity index (χ3n) is 2.94. The number of anilines is 1. The van der Waals surface area contributed by atoms with Crippen LogP contribution in [0.1, 0.15) is 18.9 Å². The van der Waals surface area contributed by atoms with Gasteiger partial charge in [-0.15, -0.1) is 0 Å². The maximum Gasteiger partial charge on any atom is 0.328 e. The van der Waals surface area contributed by atoms with Crippen molar-refractivity contribution in [2.24, 2.45) is 5.92 Å². The van der Waals surface area contributed by atoms with Gasteiger partial charge in [-0.05, 0) is 23.8 Å². The van der Waals surface area contributed by atoms with Gasteiger partial charge in [0.05, 0.1) is 5.69 Å². The van der Waals surface area contributed by atoms with E-state index in [0.717, 1.165) is 6.08 Å². The van der Waals surface area contributed by atoms with Gasteiger partial charge in [0.2, 0.25) is 11.8 Å². The second-order valence-electron chi connectivity index (χ2n) is 4.44. The fraction of sp³-hybridized carbons (Fsp3) is 0.214. The standard InChI is InChI=1S/C14H13NO4/c1-9-8-12(16)15(14(9)19)11-5-2-10(3-6-11)4-7-13(17)18/h2-7,9H,8H2,1H3,(H,17,18)/b7-4+. The zero-order valence-electron chi connectivity index (χ0n) is 10.4. The van der Waals surface area contributed by atoms with Gasteiger partial charge >= 0.3 is 5.97 Å². The van der Waals surface area contributed by atoms with Crippen LogP contribution in [0.15, 0.2) is 30.3 Å². The normalized spacial score (nSPS) is 19.4. The molecule has 98 valence electrons. The molecule has 1 heterocycles. The molecule has 5 nitrogen and oxygen atoms in total. The SMILES string of the molecule is CC1CC(=O)N(c2ccc(/C=C/C(=O)O)cc2)C1=O. The van der Waals surface area contributed by atoms with Gasteiger partial charge in [0.15, 0.2) is 0 Å². The smallest absolute Gasteiger partial charge is 0.328 e. The average molecular weight is 259 g/mol. The number of imide groups is 1. The van der Waals surface area contributed by atoms with Crippen LogP contribution in [-0.2, 0) is 14.4 Å². The number of nitrogens with zero attached hydrogens (tertiary/aromatic N) is 1. The Balaban J connectivity index is 2.21. The van der Waals surface area contributed by atoms with Gasteiger partial charge in [0, 0.05) is 18.4 Å². The first kappa shape index (κ1) is 13.0. The van der Waals surface area contributed by atoms with E-state index in [1.165, 1.54) is 11.0 Å². The van der Waals surface area contributed by atoms with Crippen molar-refractivity contribution >= 4 is 29.5 Å². The number of benzene rings is 1. The molecule has 0 radical (unpaired) electrons. The van der Waals surface area contributed by atoms with E-state index in [2.05, 4.69) is 0 Å². The lowest BCUT2D eigenvalue weighted by Gasteiger charge is -2.14. The van der Waals surface area contributed by atoms with Crippen LogP contribution in [0.25, 0.3) is 6.08 Å². The van der Waals surface area contributed by atoms with Crippen molar-refractivity contribution in [3.8, 4) is 0 Å². The summed E-state index contributed by atoms with van der Waals surface area (Å²) in [6.45, 7) is 1.73. The zero-order chi connectivity index (χ0) is 14.0. The number of rotatable bonds is 3. The molecule has 19 heavy (non-hydrogen) atoms. The number of aliphatic carboxylic acids is 1. The lowest BCUT2D eigenvalue weighted by molar-refractivity contribution is -0.131. The van der Waals surface area contributed by atoms with Crippen molar-refractivity contribution in [3.63, 3.8) is 0 Å². The molecular formula is C14H13NO4. The Morgan fingerprint density at radius 2 is 1.95 bits per heavy atom. The number of carboxylic acids is 1. The lowest BCUT2D eigenvalue weighted by Crippen LogP contribution is -2.29. The third kappa shape index (κ3) is 2.70. The lowest BCUT2D eigenvalue weighted by atomic mass is 10.1. The van der Waals surface area contributed by atoms with Gasteiger partial charge in [-0.3, -0.25) is 14.5 Å². The van der Waals surface area contributed by atoms with Gasteiger partial charge in [0.25, 0.3) is 0 Å². The summed E-state index contributed by atoms with van der Waals surface area (Å²) in [5, 5.41) is 8.52. The van der Waals surface area contributed by atoms with E-state index in [1.807, 2.05) is 0 Å². The van der Waals surface area contributed by atoms with Crippen LogP contribution in [0.3, 0.4) is 0 Å². The molecule has 0 aliphatic carbocycles. The van der Waals surface area contributed by atoms with Gasteiger partial charge < -0.3 is 5.11 Å². The highest BCUT2D eigenvalue weighted by Crippen LogP contribution is 2.26. The molecule has 1 unspecified atom stereocenters. The molecule has 1 N–H and O–H groups in total. The molecule has 0 bridgehead atoms. The van der Waals surface area contributed by atoms with Crippen molar-refractivity contribution in [2.45, 2.75) is 13.3 Å². The van der Waals surface area contributed by atoms with Gasteiger partial charge in [-0.25, -0.2) is 4.79 Å². The number of amides is 2. The number of hydrogen-bond donors (Lipinski definition) is 1. The molecule has 2 amide bonds. The second kappa shape index (κ2) is 5.06. The van der Waals surface area contributed by atoms with Crippen LogP contribution in [0, 0.1) is 5.92 Å². The highest BCUT2D eigenvalue weighted by molar-refractivity contribution is 6.20. The molecule has 0 aromatic heterocycles. The summed E-state index contributed by atoms with van der Waals surface area (Å²) in [6.07, 6.45) is 2.71. The Bertz CT molecular complexity index is 559. The molecule has 0 saturated carbocycles. The summed E-state index contributed by atoms with van der Waals surface area (Å²) < 4.78 is 0. The van der Waals surface area contributed by atoms with Crippen LogP contribution in [0.5, 0.6) is 0 Å². The number of carbonyl (C=O) groups is 3. The van der Waals surface area contributed by atoms with E-state index in [1.54, 1.807) is 31.2 Å². The number of carbonyl (C=O) groups excluding carboxylic acids is 2. The van der Waals surface area contributed by atoms with E-state index >= 15 is 0 Å². The Morgan fingerprint density at radius 1 is 1.32 bits per heavy atom. The maximum atomic E-state index is 11.8. The summed E-state index contributed by atoms with van der Waals surface area (Å²) in [5.74, 6) is -1.70. The van der Waals surface area contributed by atoms with Gasteiger partial charge in [-0.1, -0.05) is 19.1 Å². The molecule has 5 heteroatoms. The van der Waals surface area contributed by atoms with Crippen LogP contribution in [-0.4, -0.2) is 22.9 Å². The molecule has 1 aromatic rings. The molecule has 1 atom stereocenters. The van der Waals surface area contributed by atoms with Crippen molar-refractivity contribution < 1.29 is 19.5 Å². The van der Waals surface area contributed by atoms with Crippen LogP contribution in [0.4, 0.5) is 5.69 Å². The first-order valence-corrected chi connectivity index (χ1v) is 5.87. The van der Waals surface area contributed by atoms with E-state index in [9.17, 15) is 14.4 Å². The molecular weight excluding hydrogens is 246 g/mol. The van der Waals surface area contributed by atoms with Crippen molar-refractivity contribution in [2.75, 3.05) is 4.90 Å². The maximum absolute atomic E-state index is 11.8. The molecule has 1 aliphatic rings. The molecule has 1 fully saturated rings. The summed E-state index contributed by atoms with van der Waals surface area (Å²) in [5.41, 5.74) is 1.21. The Labute approximate surface area is 110 Å². The second-order valence-corrected chi connectivity index (χ2v) is 4.44. The first-order valence-electron chi connectivity index (χ1n) is 5.87. The third-order valence-corrected chi connectivity index (χ3v) is 2.94. The van der Waals surface area contributed by atoms with Crippen molar-refractivity contribution in [1.82, 2.24) is 0 Å². The van der Waals surface area contributed by atoms with Crippen molar-refractivity contribution in [3.05, 3.63) is 35.9 Å². The summed E-state index contributed by atoms with van der Waals surface area (Å²) in [6, 6.07) is 6.60. The Hall–Kier alpha value is -2.43. The topological polar surface area (TPSA) is 74.7 Å². The first-order chi connectivity index (χ1) is 8.99. The molecule has 0 spiro atoms. The number of carboxylic acid groups (broad SMARTS) is 1. The molecule has 2 rings (SSSR count). The van der Waals surface area contributed by atoms with Gasteiger partial charge in [0.1, 0.15) is 0 Å². The van der Waals surface area contributed by atoms with E-state index in [-0.39, 0.29) is 24.2 Å². The summed E-state index contributed by atoms with van der Waals surface area (Å²) in [4.78, 5) is 35.1. The Morgan fingerprint density at radius 3 is 2.42 bits per heavy atom. The van der Waals surface area contributed by atoms with Crippen LogP contribution >= 0.6 is 0 Å². The fourth-order valence-corrected chi connectivity index (χ4v) is 1.96. The van der Waals surface area contributed by atoms with E-state index < -0.39 is 5.97 Å². The minimum Gasteiger partial charge on any atom is -0.478 e. The fourth-order valence-electron chi connectivity index (χ4n) is 1.96. The zero-order valence-corrected chi connectivity index (χ0v) is 10.4. The molecule has 1 aromatic carbocycles. The summed E-state index contributed by atoms with van der Waals surface area (Å²) in [7, 11) is 0. The molecule has 1 saturated heterocycles. The highest BCUT2D eigenvalue weighted by atomic mass is 16.4. The number of hydrogen-bond acceptors (Lipinski definition) is 3. The predicted octanol–water partition coefficient (Wildman–Crippen LogP) is 1.68. The minimum atomic E-state index is -1.03. The Kier molecular flexibility index (Phi) is 3.46. The minimum absolute atomic E-state index is 0.196. The van der Waals surface area contributed by atoms with Crippen LogP contribution < -0.4 is 4.90 Å². The average Bonchev–Trinajstić information content (AvgIpc) is 2.62.